The molecule has 1 aromatic rings. The minimum atomic E-state index is -0.876. The van der Waals surface area contributed by atoms with E-state index in [4.69, 9.17) is 23.2 Å². The molecule has 1 rings (SSSR count). The first-order valence-corrected chi connectivity index (χ1v) is 9.88. The van der Waals surface area contributed by atoms with E-state index >= 15 is 0 Å². The van der Waals surface area contributed by atoms with Crippen molar-refractivity contribution in [3.63, 3.8) is 0 Å². The molecule has 158 valence electrons. The third-order valence-electron chi connectivity index (χ3n) is 4.14. The Morgan fingerprint density at radius 2 is 2.00 bits per heavy atom. The molecule has 0 saturated carbocycles. The predicted octanol–water partition coefficient (Wildman–Crippen LogP) is 6.58. The van der Waals surface area contributed by atoms with Crippen molar-refractivity contribution in [2.75, 3.05) is 7.05 Å². The first-order valence-electron chi connectivity index (χ1n) is 9.13. The molecule has 4 nitrogen and oxygen atoms in total. The van der Waals surface area contributed by atoms with Crippen LogP contribution in [0.1, 0.15) is 50.8 Å². The summed E-state index contributed by atoms with van der Waals surface area (Å²) in [6.45, 7) is 7.01. The lowest BCUT2D eigenvalue weighted by atomic mass is 9.94. The maximum Gasteiger partial charge on any atom is 0.273 e. The van der Waals surface area contributed by atoms with Gasteiger partial charge in [-0.2, -0.15) is 0 Å². The van der Waals surface area contributed by atoms with Gasteiger partial charge in [0.2, 0.25) is 0 Å². The zero-order valence-corrected chi connectivity index (χ0v) is 18.7. The third-order valence-corrected chi connectivity index (χ3v) is 4.80. The number of aromatic nitrogens is 1. The molecule has 1 atom stereocenters. The SMILES string of the molecule is C/C=C/N=C(Cl)/C(F)=C/n1c(C)cc(C(C)CC(=NC)/C(F)=C\CC)c(Cl)c1=O. The maximum atomic E-state index is 14.2. The van der Waals surface area contributed by atoms with Gasteiger partial charge >= 0.3 is 0 Å². The van der Waals surface area contributed by atoms with Gasteiger partial charge < -0.3 is 0 Å². The molecular formula is C21H25Cl2F2N3O. The number of pyridine rings is 1. The second-order valence-corrected chi connectivity index (χ2v) is 7.08. The lowest BCUT2D eigenvalue weighted by molar-refractivity contribution is 0.661. The molecule has 1 aromatic heterocycles. The van der Waals surface area contributed by atoms with Crippen LogP contribution in [0.15, 0.2) is 50.9 Å². The number of hydrogen-bond donors (Lipinski definition) is 0. The third kappa shape index (κ3) is 6.75. The topological polar surface area (TPSA) is 46.7 Å². The number of nitrogens with zero attached hydrogens (tertiary/aromatic N) is 3. The lowest BCUT2D eigenvalue weighted by Gasteiger charge is -2.17. The minimum absolute atomic E-state index is 0.0657. The van der Waals surface area contributed by atoms with Crippen LogP contribution < -0.4 is 5.56 Å². The van der Waals surface area contributed by atoms with Gasteiger partial charge in [-0.15, -0.1) is 0 Å². The van der Waals surface area contributed by atoms with E-state index < -0.39 is 11.4 Å². The number of aryl methyl sites for hydroxylation is 1. The molecule has 1 heterocycles. The van der Waals surface area contributed by atoms with Crippen LogP contribution in [0, 0.1) is 6.92 Å². The summed E-state index contributed by atoms with van der Waals surface area (Å²) in [7, 11) is 1.52. The molecule has 0 spiro atoms. The van der Waals surface area contributed by atoms with Gasteiger partial charge in [0.05, 0.1) is 11.9 Å². The number of hydrogen-bond acceptors (Lipinski definition) is 3. The molecule has 0 N–H and O–H groups in total. The van der Waals surface area contributed by atoms with E-state index in [-0.39, 0.29) is 28.4 Å². The van der Waals surface area contributed by atoms with E-state index in [1.807, 2.05) is 13.8 Å². The van der Waals surface area contributed by atoms with E-state index in [9.17, 15) is 13.6 Å². The average molecular weight is 444 g/mol. The highest BCUT2D eigenvalue weighted by Gasteiger charge is 2.19. The Morgan fingerprint density at radius 3 is 2.55 bits per heavy atom. The highest BCUT2D eigenvalue weighted by atomic mass is 35.5. The summed E-state index contributed by atoms with van der Waals surface area (Å²) in [6, 6.07) is 1.67. The molecule has 0 aromatic carbocycles. The molecule has 0 saturated heterocycles. The summed E-state index contributed by atoms with van der Waals surface area (Å²) in [4.78, 5) is 20.4. The smallest absolute Gasteiger partial charge is 0.273 e. The van der Waals surface area contributed by atoms with E-state index in [2.05, 4.69) is 9.98 Å². The van der Waals surface area contributed by atoms with Gasteiger partial charge in [0.25, 0.3) is 5.56 Å². The largest absolute Gasteiger partial charge is 0.290 e. The Hall–Kier alpha value is -2.05. The molecular weight excluding hydrogens is 419 g/mol. The van der Waals surface area contributed by atoms with Crippen molar-refractivity contribution in [1.29, 1.82) is 0 Å². The van der Waals surface area contributed by atoms with Crippen LogP contribution in [-0.4, -0.2) is 22.5 Å². The summed E-state index contributed by atoms with van der Waals surface area (Å²) >= 11 is 12.0. The monoisotopic (exact) mass is 443 g/mol. The van der Waals surface area contributed by atoms with E-state index in [0.717, 1.165) is 10.8 Å². The van der Waals surface area contributed by atoms with Crippen LogP contribution in [0.25, 0.3) is 6.20 Å². The zero-order valence-electron chi connectivity index (χ0n) is 17.1. The van der Waals surface area contributed by atoms with Gasteiger partial charge in [0.1, 0.15) is 10.8 Å². The molecule has 0 aliphatic carbocycles. The maximum absolute atomic E-state index is 14.2. The highest BCUT2D eigenvalue weighted by Crippen LogP contribution is 2.27. The van der Waals surface area contributed by atoms with Crippen LogP contribution in [0.3, 0.4) is 0 Å². The van der Waals surface area contributed by atoms with Crippen LogP contribution in [0.5, 0.6) is 0 Å². The van der Waals surface area contributed by atoms with Crippen molar-refractivity contribution < 1.29 is 8.78 Å². The standard InChI is InChI=1S/C21H25Cl2F2N3O/c1-6-8-16(24)18(26-5)10-13(3)15-11-14(4)28(21(29)19(15)22)12-17(25)20(23)27-9-7-2/h7-9,11-13H,6,10H2,1-5H3/b9-7+,16-8+,17-12-,26-18?,27-20-. The van der Waals surface area contributed by atoms with Crippen molar-refractivity contribution in [3.05, 3.63) is 62.7 Å². The van der Waals surface area contributed by atoms with Gasteiger partial charge in [0, 0.05) is 18.9 Å². The second-order valence-electron chi connectivity index (χ2n) is 6.35. The number of aliphatic imine (C=N–C) groups is 2. The Morgan fingerprint density at radius 1 is 1.34 bits per heavy atom. The van der Waals surface area contributed by atoms with E-state index in [1.54, 1.807) is 26.0 Å². The van der Waals surface area contributed by atoms with Gasteiger partial charge in [-0.05, 0) is 50.3 Å². The summed E-state index contributed by atoms with van der Waals surface area (Å²) in [6.07, 6.45) is 6.14. The number of allylic oxidation sites excluding steroid dienone is 4. The van der Waals surface area contributed by atoms with Crippen LogP contribution in [0.4, 0.5) is 8.78 Å². The molecule has 29 heavy (non-hydrogen) atoms. The van der Waals surface area contributed by atoms with Crippen LogP contribution in [-0.2, 0) is 0 Å². The Balaban J connectivity index is 3.33. The summed E-state index contributed by atoms with van der Waals surface area (Å²) in [5, 5.41) is -0.450. The van der Waals surface area contributed by atoms with Crippen LogP contribution in [0.2, 0.25) is 5.02 Å². The molecule has 0 radical (unpaired) electrons. The molecule has 0 aliphatic heterocycles. The van der Waals surface area contributed by atoms with Gasteiger partial charge in [0.15, 0.2) is 11.0 Å². The first-order chi connectivity index (χ1) is 13.7. The second kappa shape index (κ2) is 11.8. The first kappa shape index (κ1) is 25.0. The average Bonchev–Trinajstić information content (AvgIpc) is 2.69. The fraction of sp³-hybridized carbons (Fsp3) is 0.381. The number of rotatable bonds is 8. The minimum Gasteiger partial charge on any atom is -0.290 e. The van der Waals surface area contributed by atoms with Crippen LogP contribution >= 0.6 is 23.2 Å². The Kier molecular flexibility index (Phi) is 10.2. The summed E-state index contributed by atoms with van der Waals surface area (Å²) in [5.41, 5.74) is 0.693. The molecule has 0 amide bonds. The summed E-state index contributed by atoms with van der Waals surface area (Å²) in [5.74, 6) is -1.53. The zero-order chi connectivity index (χ0) is 22.1. The molecule has 0 aliphatic rings. The van der Waals surface area contributed by atoms with Crippen molar-refractivity contribution in [2.24, 2.45) is 9.98 Å². The Labute approximate surface area is 180 Å². The van der Waals surface area contributed by atoms with Crippen molar-refractivity contribution in [2.45, 2.75) is 46.5 Å². The quantitative estimate of drug-likeness (QED) is 0.418. The van der Waals surface area contributed by atoms with E-state index in [0.29, 0.717) is 23.4 Å². The lowest BCUT2D eigenvalue weighted by Crippen LogP contribution is -2.22. The molecule has 0 fully saturated rings. The van der Waals surface area contributed by atoms with Crippen molar-refractivity contribution in [3.8, 4) is 0 Å². The molecule has 1 unspecified atom stereocenters. The number of halogens is 4. The molecule has 8 heteroatoms. The van der Waals surface area contributed by atoms with Gasteiger partial charge in [-0.25, -0.2) is 13.8 Å². The normalized spacial score (nSPS) is 15.3. The Bertz CT molecular complexity index is 944. The fourth-order valence-corrected chi connectivity index (χ4v) is 3.06. The van der Waals surface area contributed by atoms with Gasteiger partial charge in [-0.1, -0.05) is 43.1 Å². The highest BCUT2D eigenvalue weighted by molar-refractivity contribution is 6.69. The van der Waals surface area contributed by atoms with Crippen molar-refractivity contribution >= 4 is 40.3 Å². The van der Waals surface area contributed by atoms with E-state index in [1.165, 1.54) is 19.3 Å². The fourth-order valence-electron chi connectivity index (χ4n) is 2.63. The van der Waals surface area contributed by atoms with Crippen molar-refractivity contribution in [1.82, 2.24) is 4.57 Å². The predicted molar refractivity (Wildman–Crippen MR) is 120 cm³/mol. The van der Waals surface area contributed by atoms with Gasteiger partial charge in [-0.3, -0.25) is 14.4 Å². The summed E-state index contributed by atoms with van der Waals surface area (Å²) < 4.78 is 29.4. The molecule has 0 bridgehead atoms.